The van der Waals surface area contributed by atoms with Gasteiger partial charge in [0.15, 0.2) is 0 Å². The number of hydrogen-bond acceptors (Lipinski definition) is 3. The van der Waals surface area contributed by atoms with E-state index in [-0.39, 0.29) is 5.91 Å². The first-order valence-electron chi connectivity index (χ1n) is 4.72. The van der Waals surface area contributed by atoms with Gasteiger partial charge in [0.1, 0.15) is 0 Å². The molecule has 4 heteroatoms. The molecule has 0 spiro atoms. The van der Waals surface area contributed by atoms with E-state index in [1.807, 2.05) is 7.05 Å². The summed E-state index contributed by atoms with van der Waals surface area (Å²) in [6.07, 6.45) is 1.48. The first-order chi connectivity index (χ1) is 6.11. The van der Waals surface area contributed by atoms with Crippen LogP contribution in [0.4, 0.5) is 0 Å². The minimum Gasteiger partial charge on any atom is -0.359 e. The van der Waals surface area contributed by atoms with Gasteiger partial charge < -0.3 is 16.0 Å². The van der Waals surface area contributed by atoms with Gasteiger partial charge in [-0.3, -0.25) is 4.79 Å². The van der Waals surface area contributed by atoms with Gasteiger partial charge in [-0.25, -0.2) is 0 Å². The van der Waals surface area contributed by atoms with Crippen molar-refractivity contribution in [1.29, 1.82) is 0 Å². The minimum absolute atomic E-state index is 0.105. The van der Waals surface area contributed by atoms with Crippen molar-refractivity contribution < 1.29 is 4.79 Å². The fourth-order valence-electron chi connectivity index (χ4n) is 1.01. The molecule has 0 saturated carbocycles. The number of nitrogens with two attached hydrogens (primary N) is 1. The van der Waals surface area contributed by atoms with Crippen LogP contribution in [0.15, 0.2) is 0 Å². The zero-order valence-corrected chi connectivity index (χ0v) is 8.84. The predicted molar refractivity (Wildman–Crippen MR) is 54.4 cm³/mol. The molecule has 1 atom stereocenters. The fraction of sp³-hybridized carbons (Fsp3) is 0.889. The average molecular weight is 187 g/mol. The molecule has 0 rings (SSSR count). The Kier molecular flexibility index (Phi) is 6.54. The van der Waals surface area contributed by atoms with E-state index >= 15 is 0 Å². The van der Waals surface area contributed by atoms with Crippen LogP contribution in [0.25, 0.3) is 0 Å². The molecular weight excluding hydrogens is 166 g/mol. The van der Waals surface area contributed by atoms with Crippen LogP contribution in [0, 0.1) is 0 Å². The molecule has 4 nitrogen and oxygen atoms in total. The summed E-state index contributed by atoms with van der Waals surface area (Å²) in [5.41, 5.74) is 5.51. The summed E-state index contributed by atoms with van der Waals surface area (Å²) in [6.45, 7) is 3.67. The summed E-state index contributed by atoms with van der Waals surface area (Å²) >= 11 is 0. The van der Waals surface area contributed by atoms with Crippen LogP contribution >= 0.6 is 0 Å². The highest BCUT2D eigenvalue weighted by Crippen LogP contribution is 1.97. The Morgan fingerprint density at radius 3 is 2.69 bits per heavy atom. The summed E-state index contributed by atoms with van der Waals surface area (Å²) in [6, 6.07) is 0.393. The molecule has 1 unspecified atom stereocenters. The first kappa shape index (κ1) is 12.4. The quantitative estimate of drug-likeness (QED) is 0.605. The molecule has 0 aromatic rings. The van der Waals surface area contributed by atoms with Crippen molar-refractivity contribution in [2.24, 2.45) is 5.73 Å². The molecule has 78 valence electrons. The highest BCUT2D eigenvalue weighted by Gasteiger charge is 2.06. The van der Waals surface area contributed by atoms with Crippen LogP contribution in [0.1, 0.15) is 19.8 Å². The third kappa shape index (κ3) is 5.60. The largest absolute Gasteiger partial charge is 0.359 e. The second kappa shape index (κ2) is 6.86. The van der Waals surface area contributed by atoms with Crippen molar-refractivity contribution in [3.05, 3.63) is 0 Å². The van der Waals surface area contributed by atoms with E-state index < -0.39 is 0 Å². The van der Waals surface area contributed by atoms with E-state index in [4.69, 9.17) is 5.73 Å². The van der Waals surface area contributed by atoms with Crippen LogP contribution in [0.2, 0.25) is 0 Å². The van der Waals surface area contributed by atoms with Gasteiger partial charge in [-0.1, -0.05) is 0 Å². The molecule has 0 heterocycles. The Labute approximate surface area is 80.5 Å². The number of amides is 1. The fourth-order valence-corrected chi connectivity index (χ4v) is 1.01. The lowest BCUT2D eigenvalue weighted by molar-refractivity contribution is -0.120. The molecular formula is C9H21N3O. The van der Waals surface area contributed by atoms with Gasteiger partial charge in [0, 0.05) is 26.1 Å². The second-order valence-electron chi connectivity index (χ2n) is 3.34. The number of carbonyl (C=O) groups excluding carboxylic acids is 1. The van der Waals surface area contributed by atoms with Crippen molar-refractivity contribution in [1.82, 2.24) is 10.2 Å². The summed E-state index contributed by atoms with van der Waals surface area (Å²) in [4.78, 5) is 13.0. The highest BCUT2D eigenvalue weighted by atomic mass is 16.1. The van der Waals surface area contributed by atoms with Crippen LogP contribution < -0.4 is 11.1 Å². The van der Waals surface area contributed by atoms with Gasteiger partial charge in [-0.15, -0.1) is 0 Å². The van der Waals surface area contributed by atoms with Crippen LogP contribution in [-0.2, 0) is 4.79 Å². The number of nitrogens with one attached hydrogen (secondary N) is 1. The van der Waals surface area contributed by atoms with Gasteiger partial charge in [0.25, 0.3) is 0 Å². The first-order valence-corrected chi connectivity index (χ1v) is 4.72. The Bertz CT molecular complexity index is 150. The van der Waals surface area contributed by atoms with Crippen LogP contribution in [-0.4, -0.2) is 44.0 Å². The van der Waals surface area contributed by atoms with Gasteiger partial charge >= 0.3 is 0 Å². The SMILES string of the molecule is CNC(=O)CCCN(C)C(C)CN. The zero-order valence-electron chi connectivity index (χ0n) is 8.84. The molecule has 1 amide bonds. The molecule has 0 saturated heterocycles. The van der Waals surface area contributed by atoms with Crippen LogP contribution in [0.5, 0.6) is 0 Å². The third-order valence-electron chi connectivity index (χ3n) is 2.29. The van der Waals surface area contributed by atoms with E-state index in [1.54, 1.807) is 7.05 Å². The number of likely N-dealkylation sites (N-methyl/N-ethyl adjacent to an activating group) is 1. The summed E-state index contributed by atoms with van der Waals surface area (Å²) in [5, 5.41) is 2.60. The lowest BCUT2D eigenvalue weighted by Crippen LogP contribution is -2.36. The summed E-state index contributed by atoms with van der Waals surface area (Å²) in [5.74, 6) is 0.105. The Balaban J connectivity index is 3.47. The average Bonchev–Trinajstić information content (AvgIpc) is 2.15. The van der Waals surface area contributed by atoms with Gasteiger partial charge in [0.2, 0.25) is 5.91 Å². The molecule has 0 radical (unpaired) electrons. The molecule has 0 aromatic carbocycles. The normalized spacial score (nSPS) is 13.0. The monoisotopic (exact) mass is 187 g/mol. The van der Waals surface area contributed by atoms with Crippen molar-refractivity contribution >= 4 is 5.91 Å². The standard InChI is InChI=1S/C9H21N3O/c1-8(7-10)12(3)6-4-5-9(13)11-2/h8H,4-7,10H2,1-3H3,(H,11,13). The molecule has 0 fully saturated rings. The Morgan fingerprint density at radius 1 is 1.62 bits per heavy atom. The maximum Gasteiger partial charge on any atom is 0.219 e. The van der Waals surface area contributed by atoms with E-state index in [9.17, 15) is 4.79 Å². The number of hydrogen-bond donors (Lipinski definition) is 2. The van der Waals surface area contributed by atoms with Gasteiger partial charge in [-0.05, 0) is 26.9 Å². The second-order valence-corrected chi connectivity index (χ2v) is 3.34. The number of rotatable bonds is 6. The maximum atomic E-state index is 10.9. The van der Waals surface area contributed by atoms with E-state index in [2.05, 4.69) is 17.1 Å². The van der Waals surface area contributed by atoms with Crippen molar-refractivity contribution in [2.75, 3.05) is 27.2 Å². The lowest BCUT2D eigenvalue weighted by atomic mass is 10.2. The maximum absolute atomic E-state index is 10.9. The summed E-state index contributed by atoms with van der Waals surface area (Å²) in [7, 11) is 3.69. The molecule has 0 aliphatic carbocycles. The Hall–Kier alpha value is -0.610. The van der Waals surface area contributed by atoms with Gasteiger partial charge in [0.05, 0.1) is 0 Å². The van der Waals surface area contributed by atoms with E-state index in [0.717, 1.165) is 13.0 Å². The van der Waals surface area contributed by atoms with Gasteiger partial charge in [-0.2, -0.15) is 0 Å². The van der Waals surface area contributed by atoms with Crippen LogP contribution in [0.3, 0.4) is 0 Å². The molecule has 3 N–H and O–H groups in total. The third-order valence-corrected chi connectivity index (χ3v) is 2.29. The molecule has 0 aliphatic rings. The van der Waals surface area contributed by atoms with Crippen molar-refractivity contribution in [3.63, 3.8) is 0 Å². The zero-order chi connectivity index (χ0) is 10.3. The topological polar surface area (TPSA) is 58.4 Å². The van der Waals surface area contributed by atoms with E-state index in [0.29, 0.717) is 19.0 Å². The molecule has 0 aromatic heterocycles. The van der Waals surface area contributed by atoms with Crippen molar-refractivity contribution in [3.8, 4) is 0 Å². The number of carbonyl (C=O) groups is 1. The van der Waals surface area contributed by atoms with E-state index in [1.165, 1.54) is 0 Å². The predicted octanol–water partition coefficient (Wildman–Crippen LogP) is -0.208. The molecule has 0 aliphatic heterocycles. The molecule has 0 bridgehead atoms. The highest BCUT2D eigenvalue weighted by molar-refractivity contribution is 5.75. The molecule has 13 heavy (non-hydrogen) atoms. The van der Waals surface area contributed by atoms with Crippen molar-refractivity contribution in [2.45, 2.75) is 25.8 Å². The Morgan fingerprint density at radius 2 is 2.23 bits per heavy atom. The summed E-state index contributed by atoms with van der Waals surface area (Å²) < 4.78 is 0. The number of nitrogens with zero attached hydrogens (tertiary/aromatic N) is 1. The smallest absolute Gasteiger partial charge is 0.219 e. The minimum atomic E-state index is 0.105. The lowest BCUT2D eigenvalue weighted by Gasteiger charge is -2.22.